The van der Waals surface area contributed by atoms with Crippen molar-refractivity contribution >= 4 is 22.9 Å². The molecule has 4 atom stereocenters. The van der Waals surface area contributed by atoms with Crippen LogP contribution in [-0.2, 0) is 16.0 Å². The lowest BCUT2D eigenvalue weighted by Crippen LogP contribution is -2.55. The first-order valence-corrected chi connectivity index (χ1v) is 14.0. The van der Waals surface area contributed by atoms with Gasteiger partial charge in [-0.25, -0.2) is 9.48 Å². The van der Waals surface area contributed by atoms with Gasteiger partial charge in [0.15, 0.2) is 0 Å². The summed E-state index contributed by atoms with van der Waals surface area (Å²) in [5.74, 6) is -0.206. The predicted molar refractivity (Wildman–Crippen MR) is 153 cm³/mol. The Bertz CT molecular complexity index is 1630. The third-order valence-electron chi connectivity index (χ3n) is 7.91. The van der Waals surface area contributed by atoms with Gasteiger partial charge in [-0.1, -0.05) is 23.4 Å². The molecule has 41 heavy (non-hydrogen) atoms. The second-order valence-corrected chi connectivity index (χ2v) is 11.9. The number of nitrogens with one attached hydrogen (secondary N) is 2. The van der Waals surface area contributed by atoms with Crippen LogP contribution in [0.25, 0.3) is 27.8 Å². The highest BCUT2D eigenvalue weighted by Crippen LogP contribution is 2.43. The molecule has 1 saturated carbocycles. The molecular weight excluding hydrogens is 518 g/mol. The number of aromatic amines is 1. The molecule has 4 unspecified atom stereocenters. The van der Waals surface area contributed by atoms with Crippen molar-refractivity contribution < 1.29 is 14.3 Å². The van der Waals surface area contributed by atoms with Crippen LogP contribution in [0.3, 0.4) is 0 Å². The van der Waals surface area contributed by atoms with Crippen molar-refractivity contribution in [3.8, 4) is 23.0 Å². The van der Waals surface area contributed by atoms with Crippen LogP contribution in [0.2, 0.25) is 0 Å². The summed E-state index contributed by atoms with van der Waals surface area (Å²) in [4.78, 5) is 31.1. The average Bonchev–Trinajstić information content (AvgIpc) is 3.75. The number of ether oxygens (including phenoxy) is 1. The van der Waals surface area contributed by atoms with Gasteiger partial charge < -0.3 is 15.0 Å². The minimum Gasteiger partial charge on any atom is -0.444 e. The van der Waals surface area contributed by atoms with Gasteiger partial charge in [0.2, 0.25) is 5.91 Å². The molecule has 1 aliphatic heterocycles. The average molecular weight is 552 g/mol. The van der Waals surface area contributed by atoms with Crippen LogP contribution in [0.15, 0.2) is 60.9 Å². The molecule has 2 bridgehead atoms. The van der Waals surface area contributed by atoms with Crippen LogP contribution in [0.1, 0.15) is 45.6 Å². The largest absolute Gasteiger partial charge is 0.444 e. The molecule has 2 aromatic heterocycles. The first-order valence-electron chi connectivity index (χ1n) is 14.0. The van der Waals surface area contributed by atoms with Crippen LogP contribution >= 0.6 is 0 Å². The van der Waals surface area contributed by atoms with Crippen molar-refractivity contribution in [2.45, 2.75) is 70.2 Å². The molecule has 2 aromatic carbocycles. The molecule has 10 heteroatoms. The fourth-order valence-corrected chi connectivity index (χ4v) is 6.04. The van der Waals surface area contributed by atoms with E-state index in [1.807, 2.05) is 75.6 Å². The minimum absolute atomic E-state index is 0.00697. The number of likely N-dealkylation sites (tertiary alicyclic amines) is 1. The molecule has 2 fully saturated rings. The number of fused-ring (bicyclic) bond motifs is 3. The Balaban J connectivity index is 1.11. The third kappa shape index (κ3) is 5.40. The van der Waals surface area contributed by atoms with Crippen LogP contribution in [-0.4, -0.2) is 60.6 Å². The Morgan fingerprint density at radius 1 is 1.17 bits per heavy atom. The highest BCUT2D eigenvalue weighted by atomic mass is 16.6. The number of nitriles is 1. The highest BCUT2D eigenvalue weighted by molar-refractivity contribution is 5.88. The smallest absolute Gasteiger partial charge is 0.411 e. The van der Waals surface area contributed by atoms with E-state index in [4.69, 9.17) is 4.74 Å². The van der Waals surface area contributed by atoms with E-state index in [0.29, 0.717) is 6.42 Å². The molecule has 210 valence electrons. The Hall–Kier alpha value is -4.65. The molecule has 4 aromatic rings. The Morgan fingerprint density at radius 2 is 1.98 bits per heavy atom. The normalized spacial score (nSPS) is 20.6. The van der Waals surface area contributed by atoms with Gasteiger partial charge in [-0.2, -0.15) is 5.26 Å². The second kappa shape index (κ2) is 10.4. The first-order chi connectivity index (χ1) is 19.7. The lowest BCUT2D eigenvalue weighted by Gasteiger charge is -2.35. The van der Waals surface area contributed by atoms with Gasteiger partial charge in [-0.3, -0.25) is 9.69 Å². The van der Waals surface area contributed by atoms with Gasteiger partial charge in [0.05, 0.1) is 18.0 Å². The summed E-state index contributed by atoms with van der Waals surface area (Å²) in [7, 11) is 0. The van der Waals surface area contributed by atoms with Crippen molar-refractivity contribution in [2.75, 3.05) is 0 Å². The van der Waals surface area contributed by atoms with Crippen molar-refractivity contribution in [3.05, 3.63) is 66.5 Å². The van der Waals surface area contributed by atoms with Gasteiger partial charge in [-0.15, -0.1) is 5.10 Å². The number of hydrogen-bond donors (Lipinski definition) is 2. The van der Waals surface area contributed by atoms with E-state index in [9.17, 15) is 14.9 Å². The van der Waals surface area contributed by atoms with E-state index in [2.05, 4.69) is 32.7 Å². The fourth-order valence-electron chi connectivity index (χ4n) is 6.04. The fraction of sp³-hybridized carbons (Fsp3) is 0.387. The predicted octanol–water partition coefficient (Wildman–Crippen LogP) is 4.75. The molecule has 0 spiro atoms. The van der Waals surface area contributed by atoms with E-state index in [-0.39, 0.29) is 17.9 Å². The summed E-state index contributed by atoms with van der Waals surface area (Å²) >= 11 is 0. The number of carbonyl (C=O) groups is 2. The number of H-pyrrole nitrogens is 1. The molecule has 10 nitrogen and oxygen atoms in total. The molecule has 1 saturated heterocycles. The zero-order valence-electron chi connectivity index (χ0n) is 23.4. The molecule has 1 aliphatic carbocycles. The maximum atomic E-state index is 13.4. The van der Waals surface area contributed by atoms with E-state index in [1.54, 1.807) is 9.58 Å². The van der Waals surface area contributed by atoms with Crippen LogP contribution < -0.4 is 5.32 Å². The van der Waals surface area contributed by atoms with Crippen molar-refractivity contribution in [2.24, 2.45) is 5.92 Å². The zero-order valence-corrected chi connectivity index (χ0v) is 23.4. The van der Waals surface area contributed by atoms with E-state index in [0.717, 1.165) is 52.7 Å². The van der Waals surface area contributed by atoms with Crippen molar-refractivity contribution in [1.29, 1.82) is 5.26 Å². The number of piperidine rings is 1. The van der Waals surface area contributed by atoms with Crippen molar-refractivity contribution in [3.63, 3.8) is 0 Å². The molecule has 0 radical (unpaired) electrons. The molecular formula is C31H33N7O3. The molecule has 6 rings (SSSR count). The Morgan fingerprint density at radius 3 is 2.73 bits per heavy atom. The first kappa shape index (κ1) is 26.6. The SMILES string of the molecule is CC(C)(C)OC(=O)N1C2CCC(C2)C1C(=O)NC(C#N)Cc1ccc(-n2cc(-c3ccc4[nH]ccc4c3)nn2)cc1. The highest BCUT2D eigenvalue weighted by Gasteiger charge is 2.52. The monoisotopic (exact) mass is 551 g/mol. The maximum absolute atomic E-state index is 13.4. The van der Waals surface area contributed by atoms with Gasteiger partial charge >= 0.3 is 6.09 Å². The van der Waals surface area contributed by atoms with Gasteiger partial charge in [-0.05, 0) is 81.8 Å². The second-order valence-electron chi connectivity index (χ2n) is 11.9. The Labute approximate surface area is 238 Å². The summed E-state index contributed by atoms with van der Waals surface area (Å²) in [5.41, 5.74) is 3.91. The number of rotatable bonds is 6. The van der Waals surface area contributed by atoms with Gasteiger partial charge in [0.25, 0.3) is 0 Å². The van der Waals surface area contributed by atoms with Crippen molar-refractivity contribution in [1.82, 2.24) is 30.2 Å². The number of nitrogens with zero attached hydrogens (tertiary/aromatic N) is 5. The standard InChI is InChI=1S/C31H33N7O3/c1-31(2,3)41-30(40)38-25-10-6-22(16-25)28(38)29(39)34-23(17-32)14-19-4-8-24(9-5-19)37-18-27(35-36-37)20-7-11-26-21(15-20)12-13-33-26/h4-5,7-9,11-13,15,18,22-23,25,28,33H,6,10,14,16H2,1-3H3,(H,34,39). The van der Waals surface area contributed by atoms with E-state index in [1.165, 1.54) is 0 Å². The number of hydrogen-bond acceptors (Lipinski definition) is 6. The van der Waals surface area contributed by atoms with Gasteiger partial charge in [0, 0.05) is 35.1 Å². The number of amides is 2. The molecule has 3 heterocycles. The minimum atomic E-state index is -0.728. The molecule has 2 N–H and O–H groups in total. The third-order valence-corrected chi connectivity index (χ3v) is 7.91. The number of carbonyl (C=O) groups excluding carboxylic acids is 2. The van der Waals surface area contributed by atoms with Crippen LogP contribution in [0, 0.1) is 17.2 Å². The summed E-state index contributed by atoms with van der Waals surface area (Å²) < 4.78 is 7.31. The van der Waals surface area contributed by atoms with Crippen LogP contribution in [0.5, 0.6) is 0 Å². The summed E-state index contributed by atoms with van der Waals surface area (Å²) in [6.07, 6.45) is 6.23. The quantitative estimate of drug-likeness (QED) is 0.356. The lowest BCUT2D eigenvalue weighted by atomic mass is 9.97. The summed E-state index contributed by atoms with van der Waals surface area (Å²) in [6, 6.07) is 16.7. The zero-order chi connectivity index (χ0) is 28.7. The Kier molecular flexibility index (Phi) is 6.73. The van der Waals surface area contributed by atoms with E-state index >= 15 is 0 Å². The van der Waals surface area contributed by atoms with Crippen LogP contribution in [0.4, 0.5) is 4.79 Å². The number of benzene rings is 2. The summed E-state index contributed by atoms with van der Waals surface area (Å²) in [6.45, 7) is 5.45. The lowest BCUT2D eigenvalue weighted by molar-refractivity contribution is -0.128. The molecule has 2 amide bonds. The van der Waals surface area contributed by atoms with Gasteiger partial charge in [0.1, 0.15) is 23.4 Å². The summed E-state index contributed by atoms with van der Waals surface area (Å²) in [5, 5.41) is 22.5. The maximum Gasteiger partial charge on any atom is 0.411 e. The topological polar surface area (TPSA) is 129 Å². The van der Waals surface area contributed by atoms with E-state index < -0.39 is 23.8 Å². The molecule has 2 aliphatic rings. The number of aromatic nitrogens is 4.